The van der Waals surface area contributed by atoms with E-state index < -0.39 is 5.97 Å². The second kappa shape index (κ2) is 10.9. The van der Waals surface area contributed by atoms with Crippen LogP contribution in [0.2, 0.25) is 0 Å². The van der Waals surface area contributed by atoms with Crippen LogP contribution in [0.5, 0.6) is 11.5 Å². The number of carbonyl (C=O) groups is 2. The van der Waals surface area contributed by atoms with Crippen LogP contribution >= 0.6 is 22.7 Å². The van der Waals surface area contributed by atoms with Crippen molar-refractivity contribution < 1.29 is 23.8 Å². The quantitative estimate of drug-likeness (QED) is 0.425. The highest BCUT2D eigenvalue weighted by molar-refractivity contribution is 7.20. The van der Waals surface area contributed by atoms with Crippen molar-refractivity contribution in [3.8, 4) is 21.4 Å². The number of rotatable bonds is 10. The van der Waals surface area contributed by atoms with Crippen LogP contribution < -0.4 is 9.47 Å². The van der Waals surface area contributed by atoms with Crippen LogP contribution in [-0.4, -0.2) is 49.1 Å². The van der Waals surface area contributed by atoms with Gasteiger partial charge in [0.05, 0.1) is 31.2 Å². The maximum atomic E-state index is 12.6. The van der Waals surface area contributed by atoms with Gasteiger partial charge in [-0.15, -0.1) is 22.7 Å². The van der Waals surface area contributed by atoms with E-state index in [-0.39, 0.29) is 18.9 Å². The van der Waals surface area contributed by atoms with Gasteiger partial charge in [0, 0.05) is 18.5 Å². The smallest absolute Gasteiger partial charge is 0.312 e. The average molecular weight is 461 g/mol. The summed E-state index contributed by atoms with van der Waals surface area (Å²) in [5.41, 5.74) is 1.53. The fourth-order valence-electron chi connectivity index (χ4n) is 2.91. The molecule has 0 saturated heterocycles. The van der Waals surface area contributed by atoms with Crippen molar-refractivity contribution in [2.24, 2.45) is 0 Å². The Balaban J connectivity index is 1.52. The van der Waals surface area contributed by atoms with E-state index in [1.165, 1.54) is 11.3 Å². The van der Waals surface area contributed by atoms with Crippen LogP contribution in [0.3, 0.4) is 0 Å². The Morgan fingerprint density at radius 1 is 1.10 bits per heavy atom. The third kappa shape index (κ3) is 6.05. The van der Waals surface area contributed by atoms with E-state index >= 15 is 0 Å². The molecule has 0 radical (unpaired) electrons. The number of methoxy groups -OCH3 is 2. The summed E-state index contributed by atoms with van der Waals surface area (Å²) in [7, 11) is 3.14. The lowest BCUT2D eigenvalue weighted by Crippen LogP contribution is -2.34. The van der Waals surface area contributed by atoms with Gasteiger partial charge in [-0.3, -0.25) is 9.59 Å². The van der Waals surface area contributed by atoms with Crippen molar-refractivity contribution in [3.05, 3.63) is 52.3 Å². The van der Waals surface area contributed by atoms with Gasteiger partial charge in [0.25, 0.3) is 5.91 Å². The Labute approximate surface area is 189 Å². The van der Waals surface area contributed by atoms with Gasteiger partial charge in [0.15, 0.2) is 18.1 Å². The van der Waals surface area contributed by atoms with Gasteiger partial charge in [-0.25, -0.2) is 4.98 Å². The third-order valence-electron chi connectivity index (χ3n) is 4.52. The second-order valence-corrected chi connectivity index (χ2v) is 8.36. The number of ether oxygens (including phenoxy) is 3. The van der Waals surface area contributed by atoms with Gasteiger partial charge >= 0.3 is 5.97 Å². The number of likely N-dealkylation sites (N-methyl/N-ethyl adjacent to an activating group) is 1. The molecule has 0 atom stereocenters. The number of hydrogen-bond donors (Lipinski definition) is 0. The minimum absolute atomic E-state index is 0.0386. The van der Waals surface area contributed by atoms with Gasteiger partial charge in [-0.05, 0) is 36.1 Å². The number of carbonyl (C=O) groups excluding carboxylic acids is 2. The maximum Gasteiger partial charge on any atom is 0.312 e. The molecule has 0 unspecified atom stereocenters. The summed E-state index contributed by atoms with van der Waals surface area (Å²) < 4.78 is 15.8. The number of aromatic nitrogens is 1. The first-order chi connectivity index (χ1) is 15.0. The molecule has 0 spiro atoms. The topological polar surface area (TPSA) is 78.0 Å². The second-order valence-electron chi connectivity index (χ2n) is 6.56. The average Bonchev–Trinajstić information content (AvgIpc) is 3.47. The van der Waals surface area contributed by atoms with Crippen molar-refractivity contribution in [3.63, 3.8) is 0 Å². The minimum Gasteiger partial charge on any atom is -0.493 e. The van der Waals surface area contributed by atoms with Crippen LogP contribution in [0.25, 0.3) is 9.88 Å². The molecule has 2 heterocycles. The fraction of sp³-hybridized carbons (Fsp3) is 0.318. The number of thiophene rings is 1. The Bertz CT molecular complexity index is 1020. The molecule has 0 aliphatic rings. The molecule has 164 valence electrons. The lowest BCUT2D eigenvalue weighted by molar-refractivity contribution is -0.151. The number of amides is 1. The molecule has 0 aliphatic carbocycles. The highest BCUT2D eigenvalue weighted by Gasteiger charge is 2.17. The minimum atomic E-state index is -0.474. The fourth-order valence-corrected chi connectivity index (χ4v) is 4.54. The zero-order valence-electron chi connectivity index (χ0n) is 17.6. The summed E-state index contributed by atoms with van der Waals surface area (Å²) in [5.74, 6) is 0.487. The number of thiazole rings is 1. The van der Waals surface area contributed by atoms with Gasteiger partial charge < -0.3 is 19.1 Å². The van der Waals surface area contributed by atoms with E-state index in [9.17, 15) is 9.59 Å². The lowest BCUT2D eigenvalue weighted by Gasteiger charge is -2.21. The molecule has 0 saturated carbocycles. The van der Waals surface area contributed by atoms with E-state index in [1.54, 1.807) is 36.5 Å². The number of esters is 1. The molecule has 3 aromatic rings. The van der Waals surface area contributed by atoms with Gasteiger partial charge in [-0.2, -0.15) is 0 Å². The normalized spacial score (nSPS) is 10.5. The highest BCUT2D eigenvalue weighted by atomic mass is 32.1. The first-order valence-corrected chi connectivity index (χ1v) is 11.4. The molecule has 1 aromatic carbocycles. The van der Waals surface area contributed by atoms with Crippen LogP contribution in [-0.2, 0) is 27.3 Å². The number of benzene rings is 1. The van der Waals surface area contributed by atoms with Crippen molar-refractivity contribution in [1.29, 1.82) is 0 Å². The maximum absolute atomic E-state index is 12.6. The zero-order chi connectivity index (χ0) is 22.2. The van der Waals surface area contributed by atoms with Crippen LogP contribution in [0, 0.1) is 0 Å². The van der Waals surface area contributed by atoms with E-state index in [0.717, 1.165) is 15.4 Å². The predicted molar refractivity (Wildman–Crippen MR) is 121 cm³/mol. The Hall–Kier alpha value is -2.91. The Morgan fingerprint density at radius 2 is 1.90 bits per heavy atom. The van der Waals surface area contributed by atoms with Gasteiger partial charge in [-0.1, -0.05) is 12.1 Å². The SMILES string of the molecule is CCN(Cc1ccc(OC)c(OC)c1)C(=O)COC(=O)Cc1csc(-c2cccs2)n1. The number of nitrogens with zero attached hydrogens (tertiary/aromatic N) is 2. The van der Waals surface area contributed by atoms with Crippen LogP contribution in [0.15, 0.2) is 41.1 Å². The number of hydrogen-bond acceptors (Lipinski definition) is 8. The summed E-state index contributed by atoms with van der Waals surface area (Å²) in [6.07, 6.45) is 0.0386. The van der Waals surface area contributed by atoms with Crippen molar-refractivity contribution in [2.45, 2.75) is 19.9 Å². The molecule has 0 fully saturated rings. The molecule has 0 N–H and O–H groups in total. The van der Waals surface area contributed by atoms with E-state index in [2.05, 4.69) is 4.98 Å². The summed E-state index contributed by atoms with van der Waals surface area (Å²) in [4.78, 5) is 31.9. The highest BCUT2D eigenvalue weighted by Crippen LogP contribution is 2.29. The molecule has 3 rings (SSSR count). The zero-order valence-corrected chi connectivity index (χ0v) is 19.3. The molecular formula is C22H24N2O5S2. The molecule has 2 aromatic heterocycles. The largest absolute Gasteiger partial charge is 0.493 e. The van der Waals surface area contributed by atoms with E-state index in [4.69, 9.17) is 14.2 Å². The summed E-state index contributed by atoms with van der Waals surface area (Å²) in [5, 5.41) is 4.70. The molecular weight excluding hydrogens is 436 g/mol. The molecule has 7 nitrogen and oxygen atoms in total. The molecule has 0 aliphatic heterocycles. The third-order valence-corrected chi connectivity index (χ3v) is 6.45. The van der Waals surface area contributed by atoms with Gasteiger partial charge in [0.1, 0.15) is 5.01 Å². The van der Waals surface area contributed by atoms with Crippen molar-refractivity contribution in [2.75, 3.05) is 27.4 Å². The summed E-state index contributed by atoms with van der Waals surface area (Å²) in [6.45, 7) is 2.44. The van der Waals surface area contributed by atoms with E-state index in [1.807, 2.05) is 41.9 Å². The summed E-state index contributed by atoms with van der Waals surface area (Å²) >= 11 is 3.09. The molecule has 0 bridgehead atoms. The Morgan fingerprint density at radius 3 is 2.58 bits per heavy atom. The first-order valence-electron chi connectivity index (χ1n) is 9.66. The van der Waals surface area contributed by atoms with Crippen molar-refractivity contribution in [1.82, 2.24) is 9.88 Å². The molecule has 9 heteroatoms. The Kier molecular flexibility index (Phi) is 8.02. The first kappa shape index (κ1) is 22.8. The molecule has 1 amide bonds. The monoisotopic (exact) mass is 460 g/mol. The van der Waals surface area contributed by atoms with Crippen molar-refractivity contribution >= 4 is 34.6 Å². The van der Waals surface area contributed by atoms with E-state index in [0.29, 0.717) is 30.3 Å². The van der Waals surface area contributed by atoms with Crippen LogP contribution in [0.4, 0.5) is 0 Å². The summed E-state index contributed by atoms with van der Waals surface area (Å²) in [6, 6.07) is 9.44. The van der Waals surface area contributed by atoms with Crippen LogP contribution in [0.1, 0.15) is 18.2 Å². The lowest BCUT2D eigenvalue weighted by atomic mass is 10.2. The predicted octanol–water partition coefficient (Wildman–Crippen LogP) is 4.02. The standard InChI is InChI=1S/C22H24N2O5S2/c1-4-24(12-15-7-8-17(27-2)18(10-15)28-3)20(25)13-29-21(26)11-16-14-31-22(23-16)19-6-5-9-30-19/h5-10,14H,4,11-13H2,1-3H3. The van der Waals surface area contributed by atoms with Gasteiger partial charge in [0.2, 0.25) is 0 Å². The molecule has 31 heavy (non-hydrogen) atoms.